The SMILES string of the molecule is Cc1noc(C)c1C1CCCN1Cc1ccc(C#CC(C)(C)O)s1. The van der Waals surface area contributed by atoms with Crippen LogP contribution in [0.1, 0.15) is 59.5 Å². The van der Waals surface area contributed by atoms with E-state index in [4.69, 9.17) is 4.52 Å². The Hall–Kier alpha value is -1.61. The standard InChI is InChI=1S/C19H24N2O2S/c1-13-18(14(2)23-20-13)17-6-5-11-21(17)12-16-8-7-15(24-16)9-10-19(3,4)22/h7-8,17,22H,5-6,11-12H2,1-4H3. The van der Waals surface area contributed by atoms with Crippen LogP contribution in [0.5, 0.6) is 0 Å². The average molecular weight is 344 g/mol. The van der Waals surface area contributed by atoms with Gasteiger partial charge in [-0.05, 0) is 59.2 Å². The zero-order valence-corrected chi connectivity index (χ0v) is 15.5. The lowest BCUT2D eigenvalue weighted by molar-refractivity contribution is 0.143. The normalized spacial score (nSPS) is 18.6. The summed E-state index contributed by atoms with van der Waals surface area (Å²) in [4.78, 5) is 4.81. The van der Waals surface area contributed by atoms with Gasteiger partial charge in [0, 0.05) is 23.0 Å². The Morgan fingerprint density at radius 2 is 2.21 bits per heavy atom. The number of hydrogen-bond acceptors (Lipinski definition) is 5. The summed E-state index contributed by atoms with van der Waals surface area (Å²) >= 11 is 1.70. The lowest BCUT2D eigenvalue weighted by atomic mass is 10.0. The summed E-state index contributed by atoms with van der Waals surface area (Å²) in [6.07, 6.45) is 2.35. The van der Waals surface area contributed by atoms with E-state index in [-0.39, 0.29) is 0 Å². The zero-order chi connectivity index (χ0) is 17.3. The van der Waals surface area contributed by atoms with Gasteiger partial charge in [0.05, 0.1) is 10.6 Å². The molecule has 1 saturated heterocycles. The number of likely N-dealkylation sites (tertiary alicyclic amines) is 1. The van der Waals surface area contributed by atoms with Crippen LogP contribution in [-0.4, -0.2) is 27.3 Å². The molecule has 0 radical (unpaired) electrons. The van der Waals surface area contributed by atoms with Crippen molar-refractivity contribution < 1.29 is 9.63 Å². The Morgan fingerprint density at radius 1 is 1.42 bits per heavy atom. The number of aryl methyl sites for hydroxylation is 2. The minimum absolute atomic E-state index is 0.393. The molecule has 1 aliphatic rings. The highest BCUT2D eigenvalue weighted by molar-refractivity contribution is 7.12. The first-order valence-corrected chi connectivity index (χ1v) is 9.16. The lowest BCUT2D eigenvalue weighted by Crippen LogP contribution is -2.23. The Kier molecular flexibility index (Phi) is 4.82. The third-order valence-corrected chi connectivity index (χ3v) is 5.28. The molecule has 5 heteroatoms. The first-order chi connectivity index (χ1) is 11.3. The van der Waals surface area contributed by atoms with Crippen molar-refractivity contribution in [3.8, 4) is 11.8 Å². The summed E-state index contributed by atoms with van der Waals surface area (Å²) in [6, 6.07) is 4.57. The predicted octanol–water partition coefficient (Wildman–Crippen LogP) is 3.81. The van der Waals surface area contributed by atoms with E-state index in [1.54, 1.807) is 25.2 Å². The third kappa shape index (κ3) is 3.89. The van der Waals surface area contributed by atoms with Gasteiger partial charge in [0.15, 0.2) is 0 Å². The maximum Gasteiger partial charge on any atom is 0.138 e. The van der Waals surface area contributed by atoms with E-state index >= 15 is 0 Å². The lowest BCUT2D eigenvalue weighted by Gasteiger charge is -2.23. The van der Waals surface area contributed by atoms with Crippen LogP contribution in [0.2, 0.25) is 0 Å². The zero-order valence-electron chi connectivity index (χ0n) is 14.7. The van der Waals surface area contributed by atoms with Crippen molar-refractivity contribution in [1.82, 2.24) is 10.1 Å². The van der Waals surface area contributed by atoms with Crippen LogP contribution < -0.4 is 0 Å². The fourth-order valence-corrected chi connectivity index (χ4v) is 4.14. The summed E-state index contributed by atoms with van der Waals surface area (Å²) in [5, 5.41) is 13.8. The maximum atomic E-state index is 9.72. The first kappa shape index (κ1) is 17.2. The summed E-state index contributed by atoms with van der Waals surface area (Å²) in [6.45, 7) is 9.44. The van der Waals surface area contributed by atoms with Gasteiger partial charge < -0.3 is 9.63 Å². The van der Waals surface area contributed by atoms with E-state index in [0.717, 1.165) is 35.8 Å². The molecule has 1 aliphatic heterocycles. The minimum atomic E-state index is -0.951. The predicted molar refractivity (Wildman–Crippen MR) is 95.9 cm³/mol. The van der Waals surface area contributed by atoms with Crippen molar-refractivity contribution in [2.24, 2.45) is 0 Å². The van der Waals surface area contributed by atoms with Crippen LogP contribution in [0.3, 0.4) is 0 Å². The Morgan fingerprint density at radius 3 is 2.88 bits per heavy atom. The third-order valence-electron chi connectivity index (χ3n) is 4.30. The molecule has 1 fully saturated rings. The molecule has 2 aromatic rings. The van der Waals surface area contributed by atoms with Crippen LogP contribution in [0, 0.1) is 25.7 Å². The molecule has 1 unspecified atom stereocenters. The molecule has 0 aromatic carbocycles. The molecular formula is C19H24N2O2S. The van der Waals surface area contributed by atoms with Crippen molar-refractivity contribution in [3.05, 3.63) is 38.9 Å². The van der Waals surface area contributed by atoms with Gasteiger partial charge in [-0.3, -0.25) is 4.90 Å². The van der Waals surface area contributed by atoms with E-state index in [1.165, 1.54) is 16.9 Å². The van der Waals surface area contributed by atoms with Crippen molar-refractivity contribution >= 4 is 11.3 Å². The van der Waals surface area contributed by atoms with E-state index in [0.29, 0.717) is 6.04 Å². The topological polar surface area (TPSA) is 49.5 Å². The number of aromatic nitrogens is 1. The molecule has 0 amide bonds. The molecule has 0 aliphatic carbocycles. The number of nitrogens with zero attached hydrogens (tertiary/aromatic N) is 2. The van der Waals surface area contributed by atoms with Crippen LogP contribution in [0.15, 0.2) is 16.7 Å². The minimum Gasteiger partial charge on any atom is -0.378 e. The molecule has 128 valence electrons. The molecule has 2 aromatic heterocycles. The second kappa shape index (κ2) is 6.72. The number of rotatable bonds is 3. The monoisotopic (exact) mass is 344 g/mol. The molecule has 0 bridgehead atoms. The highest BCUT2D eigenvalue weighted by Gasteiger charge is 2.30. The van der Waals surface area contributed by atoms with Gasteiger partial charge in [-0.1, -0.05) is 17.0 Å². The second-order valence-corrected chi connectivity index (χ2v) is 8.11. The van der Waals surface area contributed by atoms with Gasteiger partial charge in [0.2, 0.25) is 0 Å². The summed E-state index contributed by atoms with van der Waals surface area (Å²) in [5.41, 5.74) is 1.31. The molecular weight excluding hydrogens is 320 g/mol. The highest BCUT2D eigenvalue weighted by Crippen LogP contribution is 2.37. The fraction of sp³-hybridized carbons (Fsp3) is 0.526. The van der Waals surface area contributed by atoms with Crippen LogP contribution >= 0.6 is 11.3 Å². The van der Waals surface area contributed by atoms with Crippen LogP contribution in [-0.2, 0) is 6.54 Å². The van der Waals surface area contributed by atoms with Crippen molar-refractivity contribution in [2.75, 3.05) is 6.54 Å². The average Bonchev–Trinajstić information content (AvgIpc) is 3.19. The Labute approximate surface area is 147 Å². The number of aliphatic hydroxyl groups is 1. The molecule has 1 atom stereocenters. The number of thiophene rings is 1. The Balaban J connectivity index is 1.74. The molecule has 3 heterocycles. The highest BCUT2D eigenvalue weighted by atomic mass is 32.1. The summed E-state index contributed by atoms with van der Waals surface area (Å²) < 4.78 is 5.36. The smallest absolute Gasteiger partial charge is 0.138 e. The van der Waals surface area contributed by atoms with E-state index < -0.39 is 5.60 Å². The fourth-order valence-electron chi connectivity index (χ4n) is 3.25. The number of hydrogen-bond donors (Lipinski definition) is 1. The van der Waals surface area contributed by atoms with Crippen LogP contribution in [0.25, 0.3) is 0 Å². The molecule has 24 heavy (non-hydrogen) atoms. The molecule has 0 saturated carbocycles. The molecule has 3 rings (SSSR count). The quantitative estimate of drug-likeness (QED) is 0.860. The summed E-state index contributed by atoms with van der Waals surface area (Å²) in [5.74, 6) is 6.87. The molecule has 1 N–H and O–H groups in total. The van der Waals surface area contributed by atoms with Gasteiger partial charge in [-0.2, -0.15) is 0 Å². The van der Waals surface area contributed by atoms with E-state index in [9.17, 15) is 5.11 Å². The van der Waals surface area contributed by atoms with E-state index in [1.807, 2.05) is 19.9 Å². The summed E-state index contributed by atoms with van der Waals surface area (Å²) in [7, 11) is 0. The van der Waals surface area contributed by atoms with E-state index in [2.05, 4.69) is 28.0 Å². The van der Waals surface area contributed by atoms with Gasteiger partial charge in [0.1, 0.15) is 11.4 Å². The van der Waals surface area contributed by atoms with Crippen molar-refractivity contribution in [1.29, 1.82) is 0 Å². The maximum absolute atomic E-state index is 9.72. The van der Waals surface area contributed by atoms with Gasteiger partial charge in [-0.15, -0.1) is 11.3 Å². The molecule has 0 spiro atoms. The first-order valence-electron chi connectivity index (χ1n) is 8.34. The second-order valence-electron chi connectivity index (χ2n) is 6.94. The van der Waals surface area contributed by atoms with Crippen LogP contribution in [0.4, 0.5) is 0 Å². The van der Waals surface area contributed by atoms with Gasteiger partial charge in [-0.25, -0.2) is 0 Å². The van der Waals surface area contributed by atoms with Crippen molar-refractivity contribution in [3.63, 3.8) is 0 Å². The Bertz CT molecular complexity index is 754. The largest absolute Gasteiger partial charge is 0.378 e. The molecule has 4 nitrogen and oxygen atoms in total. The van der Waals surface area contributed by atoms with Crippen molar-refractivity contribution in [2.45, 2.75) is 58.7 Å². The van der Waals surface area contributed by atoms with Gasteiger partial charge in [0.25, 0.3) is 0 Å². The van der Waals surface area contributed by atoms with Gasteiger partial charge >= 0.3 is 0 Å².